The van der Waals surface area contributed by atoms with Gasteiger partial charge in [0.2, 0.25) is 0 Å². The van der Waals surface area contributed by atoms with Gasteiger partial charge in [-0.1, -0.05) is 6.07 Å². The predicted octanol–water partition coefficient (Wildman–Crippen LogP) is 3.08. The Morgan fingerprint density at radius 3 is 3.00 bits per heavy atom. The van der Waals surface area contributed by atoms with Crippen LogP contribution in [0.25, 0.3) is 0 Å². The van der Waals surface area contributed by atoms with Crippen molar-refractivity contribution in [2.45, 2.75) is 44.7 Å². The van der Waals surface area contributed by atoms with Gasteiger partial charge >= 0.3 is 0 Å². The van der Waals surface area contributed by atoms with Gasteiger partial charge in [0.1, 0.15) is 5.78 Å². The van der Waals surface area contributed by atoms with Crippen LogP contribution < -0.4 is 0 Å². The van der Waals surface area contributed by atoms with E-state index in [0.717, 1.165) is 25.8 Å². The summed E-state index contributed by atoms with van der Waals surface area (Å²) in [5.41, 5.74) is 0. The maximum Gasteiger partial charge on any atom is 0.137 e. The Hall–Kier alpha value is -0.670. The largest absolute Gasteiger partial charge is 0.299 e. The molecule has 3 heteroatoms. The Bertz CT molecular complexity index is 387. The van der Waals surface area contributed by atoms with Gasteiger partial charge in [-0.05, 0) is 43.7 Å². The lowest BCUT2D eigenvalue weighted by molar-refractivity contribution is -0.122. The molecule has 0 N–H and O–H groups in total. The van der Waals surface area contributed by atoms with Crippen molar-refractivity contribution in [3.05, 3.63) is 22.4 Å². The zero-order chi connectivity index (χ0) is 11.7. The molecule has 2 nitrogen and oxygen atoms in total. The van der Waals surface area contributed by atoms with Crippen LogP contribution >= 0.6 is 11.3 Å². The number of Topliss-reactive ketones (excluding diaryl/α,β-unsaturated/α-hetero) is 1. The van der Waals surface area contributed by atoms with Gasteiger partial charge in [-0.3, -0.25) is 9.69 Å². The first-order valence-corrected chi connectivity index (χ1v) is 7.52. The minimum absolute atomic E-state index is 0.345. The molecule has 92 valence electrons. The van der Waals surface area contributed by atoms with E-state index >= 15 is 0 Å². The quantitative estimate of drug-likeness (QED) is 0.820. The second kappa shape index (κ2) is 4.91. The highest BCUT2D eigenvalue weighted by Crippen LogP contribution is 2.34. The van der Waals surface area contributed by atoms with Crippen molar-refractivity contribution in [1.29, 1.82) is 0 Å². The fraction of sp³-hybridized carbons (Fsp3) is 0.643. The minimum Gasteiger partial charge on any atom is -0.299 e. The van der Waals surface area contributed by atoms with Gasteiger partial charge in [-0.15, -0.1) is 11.3 Å². The lowest BCUT2D eigenvalue weighted by Gasteiger charge is -2.28. The maximum absolute atomic E-state index is 11.9. The third-order valence-corrected chi connectivity index (χ3v) is 5.03. The highest BCUT2D eigenvalue weighted by Gasteiger charge is 2.37. The SMILES string of the molecule is O=C1CCCC1C1CCCN1Cc1cccs1. The van der Waals surface area contributed by atoms with Crippen molar-refractivity contribution in [2.75, 3.05) is 6.54 Å². The second-order valence-corrected chi connectivity index (χ2v) is 6.26. The lowest BCUT2D eigenvalue weighted by Crippen LogP contribution is -2.36. The number of thiophene rings is 1. The van der Waals surface area contributed by atoms with Crippen molar-refractivity contribution >= 4 is 17.1 Å². The van der Waals surface area contributed by atoms with E-state index in [-0.39, 0.29) is 0 Å². The Morgan fingerprint density at radius 1 is 1.35 bits per heavy atom. The van der Waals surface area contributed by atoms with Crippen molar-refractivity contribution in [3.63, 3.8) is 0 Å². The molecule has 3 rings (SSSR count). The molecule has 1 aliphatic carbocycles. The summed E-state index contributed by atoms with van der Waals surface area (Å²) in [5, 5.41) is 2.14. The smallest absolute Gasteiger partial charge is 0.137 e. The van der Waals surface area contributed by atoms with Gasteiger partial charge in [0, 0.05) is 29.8 Å². The zero-order valence-corrected chi connectivity index (χ0v) is 10.9. The average molecular weight is 249 g/mol. The molecule has 1 aromatic heterocycles. The van der Waals surface area contributed by atoms with E-state index in [4.69, 9.17) is 0 Å². The summed E-state index contributed by atoms with van der Waals surface area (Å²) in [6.45, 7) is 2.22. The summed E-state index contributed by atoms with van der Waals surface area (Å²) in [4.78, 5) is 15.9. The Balaban J connectivity index is 1.69. The molecule has 1 aromatic rings. The molecule has 0 amide bonds. The number of nitrogens with zero attached hydrogens (tertiary/aromatic N) is 1. The number of carbonyl (C=O) groups is 1. The van der Waals surface area contributed by atoms with Crippen molar-refractivity contribution in [1.82, 2.24) is 4.90 Å². The molecule has 1 saturated heterocycles. The van der Waals surface area contributed by atoms with Gasteiger partial charge in [-0.25, -0.2) is 0 Å². The van der Waals surface area contributed by atoms with Gasteiger partial charge in [0.05, 0.1) is 0 Å². The number of likely N-dealkylation sites (tertiary alicyclic amines) is 1. The Morgan fingerprint density at radius 2 is 2.29 bits per heavy atom. The maximum atomic E-state index is 11.9. The molecule has 1 aliphatic heterocycles. The first-order chi connectivity index (χ1) is 8.34. The molecule has 2 aliphatic rings. The monoisotopic (exact) mass is 249 g/mol. The van der Waals surface area contributed by atoms with E-state index in [1.165, 1.54) is 24.3 Å². The van der Waals surface area contributed by atoms with Crippen LogP contribution in [-0.4, -0.2) is 23.3 Å². The summed E-state index contributed by atoms with van der Waals surface area (Å²) < 4.78 is 0. The molecule has 2 unspecified atom stereocenters. The molecule has 0 spiro atoms. The van der Waals surface area contributed by atoms with Gasteiger partial charge in [0.15, 0.2) is 0 Å². The zero-order valence-electron chi connectivity index (χ0n) is 10.1. The summed E-state index contributed by atoms with van der Waals surface area (Å²) in [6.07, 6.45) is 5.56. The third-order valence-electron chi connectivity index (χ3n) is 4.17. The highest BCUT2D eigenvalue weighted by atomic mass is 32.1. The third kappa shape index (κ3) is 2.31. The van der Waals surface area contributed by atoms with Gasteiger partial charge in [0.25, 0.3) is 0 Å². The van der Waals surface area contributed by atoms with Crippen LogP contribution in [0.1, 0.15) is 37.0 Å². The molecule has 0 radical (unpaired) electrons. The van der Waals surface area contributed by atoms with Crippen LogP contribution in [-0.2, 0) is 11.3 Å². The average Bonchev–Trinajstić information content (AvgIpc) is 3.00. The van der Waals surface area contributed by atoms with E-state index in [1.807, 2.05) is 11.3 Å². The molecule has 0 bridgehead atoms. The van der Waals surface area contributed by atoms with Crippen LogP contribution in [0.4, 0.5) is 0 Å². The molecular formula is C14H19NOS. The Labute approximate surface area is 107 Å². The summed E-state index contributed by atoms with van der Waals surface area (Å²) in [5.74, 6) is 0.866. The number of ketones is 1. The number of hydrogen-bond acceptors (Lipinski definition) is 3. The molecule has 1 saturated carbocycles. The van der Waals surface area contributed by atoms with E-state index < -0.39 is 0 Å². The molecular weight excluding hydrogens is 230 g/mol. The minimum atomic E-state index is 0.345. The molecule has 0 aromatic carbocycles. The Kier molecular flexibility index (Phi) is 3.30. The second-order valence-electron chi connectivity index (χ2n) is 5.22. The number of hydrogen-bond donors (Lipinski definition) is 0. The molecule has 2 fully saturated rings. The highest BCUT2D eigenvalue weighted by molar-refractivity contribution is 7.09. The van der Waals surface area contributed by atoms with Crippen LogP contribution in [0.15, 0.2) is 17.5 Å². The van der Waals surface area contributed by atoms with Gasteiger partial charge in [-0.2, -0.15) is 0 Å². The fourth-order valence-corrected chi connectivity index (χ4v) is 4.09. The first-order valence-electron chi connectivity index (χ1n) is 6.64. The summed E-state index contributed by atoms with van der Waals surface area (Å²) in [7, 11) is 0. The fourth-order valence-electron chi connectivity index (χ4n) is 3.36. The standard InChI is InChI=1S/C14H19NOS/c16-14-7-1-5-12(14)13-6-2-8-15(13)10-11-4-3-9-17-11/h3-4,9,12-13H,1-2,5-8,10H2. The normalized spacial score (nSPS) is 30.2. The summed E-state index contributed by atoms with van der Waals surface area (Å²) in [6, 6.07) is 4.86. The van der Waals surface area contributed by atoms with E-state index in [9.17, 15) is 4.79 Å². The van der Waals surface area contributed by atoms with Crippen LogP contribution in [0, 0.1) is 5.92 Å². The van der Waals surface area contributed by atoms with Crippen LogP contribution in [0.2, 0.25) is 0 Å². The molecule has 2 heterocycles. The topological polar surface area (TPSA) is 20.3 Å². The van der Waals surface area contributed by atoms with E-state index in [2.05, 4.69) is 22.4 Å². The van der Waals surface area contributed by atoms with E-state index in [1.54, 1.807) is 0 Å². The molecule has 17 heavy (non-hydrogen) atoms. The molecule has 2 atom stereocenters. The van der Waals surface area contributed by atoms with Crippen molar-refractivity contribution in [3.8, 4) is 0 Å². The van der Waals surface area contributed by atoms with Crippen molar-refractivity contribution in [2.24, 2.45) is 5.92 Å². The lowest BCUT2D eigenvalue weighted by atomic mass is 9.95. The van der Waals surface area contributed by atoms with Crippen LogP contribution in [0.3, 0.4) is 0 Å². The van der Waals surface area contributed by atoms with Crippen molar-refractivity contribution < 1.29 is 4.79 Å². The first kappa shape index (κ1) is 11.4. The van der Waals surface area contributed by atoms with Gasteiger partial charge < -0.3 is 0 Å². The van der Waals surface area contributed by atoms with E-state index in [0.29, 0.717) is 17.7 Å². The predicted molar refractivity (Wildman–Crippen MR) is 70.1 cm³/mol. The van der Waals surface area contributed by atoms with Crippen LogP contribution in [0.5, 0.6) is 0 Å². The number of carbonyl (C=O) groups excluding carboxylic acids is 1. The summed E-state index contributed by atoms with van der Waals surface area (Å²) >= 11 is 1.83. The number of rotatable bonds is 3.